The van der Waals surface area contributed by atoms with Gasteiger partial charge in [-0.3, -0.25) is 0 Å². The summed E-state index contributed by atoms with van der Waals surface area (Å²) in [6.07, 6.45) is 1.89. The molecule has 1 N–H and O–H groups in total. The van der Waals surface area contributed by atoms with Gasteiger partial charge in [-0.1, -0.05) is 0 Å². The van der Waals surface area contributed by atoms with Gasteiger partial charge in [0.05, 0.1) is 0 Å². The molecule has 0 aliphatic carbocycles. The van der Waals surface area contributed by atoms with Crippen LogP contribution >= 0.6 is 10.7 Å². The van der Waals surface area contributed by atoms with Gasteiger partial charge in [0.2, 0.25) is 0 Å². The van der Waals surface area contributed by atoms with E-state index in [2.05, 4.69) is 9.62 Å². The van der Waals surface area contributed by atoms with E-state index in [0.717, 1.165) is 25.9 Å². The zero-order chi connectivity index (χ0) is 9.19. The summed E-state index contributed by atoms with van der Waals surface area (Å²) < 4.78 is 23.7. The van der Waals surface area contributed by atoms with Crippen molar-refractivity contribution in [1.29, 1.82) is 0 Å². The molecule has 1 aliphatic heterocycles. The minimum absolute atomic E-state index is 0.0220. The number of hydrogen-bond acceptors (Lipinski definition) is 3. The maximum Gasteiger partial charge on any atom is 0.297 e. The highest BCUT2D eigenvalue weighted by Gasteiger charge is 2.20. The van der Waals surface area contributed by atoms with Crippen molar-refractivity contribution in [3.8, 4) is 0 Å². The smallest absolute Gasteiger partial charge is 0.297 e. The maximum absolute atomic E-state index is 10.6. The first kappa shape index (κ1) is 10.2. The Morgan fingerprint density at radius 2 is 2.25 bits per heavy atom. The van der Waals surface area contributed by atoms with E-state index < -0.39 is 9.24 Å². The molecule has 1 atom stereocenters. The van der Waals surface area contributed by atoms with E-state index in [9.17, 15) is 8.42 Å². The van der Waals surface area contributed by atoms with Gasteiger partial charge in [-0.25, -0.2) is 0 Å². The summed E-state index contributed by atoms with van der Waals surface area (Å²) in [6.45, 7) is 1.77. The average Bonchev–Trinajstić information content (AvgIpc) is 1.82. The predicted molar refractivity (Wildman–Crippen MR) is 48.4 cm³/mol. The quantitative estimate of drug-likeness (QED) is 0.664. The van der Waals surface area contributed by atoms with Gasteiger partial charge in [-0.15, -0.1) is 0 Å². The van der Waals surface area contributed by atoms with E-state index in [-0.39, 0.29) is 6.04 Å². The van der Waals surface area contributed by atoms with Crippen LogP contribution in [0.3, 0.4) is 0 Å². The molecule has 1 heterocycles. The van der Waals surface area contributed by atoms with Crippen LogP contribution in [0.1, 0.15) is 12.8 Å². The Labute approximate surface area is 77.4 Å². The largest absolute Gasteiger partial charge is 0.305 e. The van der Waals surface area contributed by atoms with Crippen LogP contribution in [0.5, 0.6) is 0 Å². The lowest BCUT2D eigenvalue weighted by Gasteiger charge is -2.29. The molecule has 1 rings (SSSR count). The normalized spacial score (nSPS) is 27.3. The lowest BCUT2D eigenvalue weighted by molar-refractivity contribution is 0.243. The minimum Gasteiger partial charge on any atom is -0.305 e. The Kier molecular flexibility index (Phi) is 3.34. The van der Waals surface area contributed by atoms with E-state index >= 15 is 0 Å². The molecule has 0 aromatic heterocycles. The van der Waals surface area contributed by atoms with Crippen molar-refractivity contribution in [3.63, 3.8) is 0 Å². The SMILES string of the molecule is CN1CCCC(NS(=O)(=O)Cl)C1. The second kappa shape index (κ2) is 3.91. The first-order valence-corrected chi connectivity index (χ1v) is 6.19. The number of rotatable bonds is 2. The third kappa shape index (κ3) is 3.71. The Morgan fingerprint density at radius 3 is 2.75 bits per heavy atom. The Bertz CT molecular complexity index is 242. The zero-order valence-corrected chi connectivity index (χ0v) is 8.53. The Morgan fingerprint density at radius 1 is 1.58 bits per heavy atom. The number of likely N-dealkylation sites (N-methyl/N-ethyl adjacent to an activating group) is 1. The first-order chi connectivity index (χ1) is 5.47. The summed E-state index contributed by atoms with van der Waals surface area (Å²) in [4.78, 5) is 2.09. The predicted octanol–water partition coefficient (Wildman–Crippen LogP) is 0.154. The fraction of sp³-hybridized carbons (Fsp3) is 1.00. The van der Waals surface area contributed by atoms with Crippen molar-refractivity contribution in [3.05, 3.63) is 0 Å². The van der Waals surface area contributed by atoms with Crippen molar-refractivity contribution in [2.75, 3.05) is 20.1 Å². The van der Waals surface area contributed by atoms with Crippen molar-refractivity contribution < 1.29 is 8.42 Å². The molecule has 0 aromatic rings. The van der Waals surface area contributed by atoms with Crippen LogP contribution in [0.2, 0.25) is 0 Å². The van der Waals surface area contributed by atoms with Gasteiger partial charge in [-0.2, -0.15) is 13.1 Å². The highest BCUT2D eigenvalue weighted by atomic mass is 35.7. The third-order valence-corrected chi connectivity index (χ3v) is 2.81. The van der Waals surface area contributed by atoms with Gasteiger partial charge in [0.15, 0.2) is 0 Å². The second-order valence-corrected chi connectivity index (χ2v) is 5.49. The molecule has 72 valence electrons. The molecule has 0 saturated carbocycles. The summed E-state index contributed by atoms with van der Waals surface area (Å²) in [7, 11) is 3.47. The number of hydrogen-bond donors (Lipinski definition) is 1. The van der Waals surface area contributed by atoms with Gasteiger partial charge in [-0.05, 0) is 26.4 Å². The lowest BCUT2D eigenvalue weighted by Crippen LogP contribution is -2.44. The molecule has 1 unspecified atom stereocenters. The van der Waals surface area contributed by atoms with Crippen LogP contribution in [0, 0.1) is 0 Å². The van der Waals surface area contributed by atoms with E-state index in [4.69, 9.17) is 10.7 Å². The van der Waals surface area contributed by atoms with Crippen molar-refractivity contribution in [1.82, 2.24) is 9.62 Å². The van der Waals surface area contributed by atoms with E-state index in [1.165, 1.54) is 0 Å². The molecule has 4 nitrogen and oxygen atoms in total. The summed E-state index contributed by atoms with van der Waals surface area (Å²) >= 11 is 0. The van der Waals surface area contributed by atoms with Crippen LogP contribution in [-0.2, 0) is 9.24 Å². The number of halogens is 1. The molecule has 0 bridgehead atoms. The summed E-state index contributed by atoms with van der Waals surface area (Å²) in [5, 5.41) is 0. The molecule has 0 spiro atoms. The Hall–Kier alpha value is 0.160. The first-order valence-electron chi connectivity index (χ1n) is 3.88. The number of nitrogens with zero attached hydrogens (tertiary/aromatic N) is 1. The molecule has 1 saturated heterocycles. The molecule has 0 aromatic carbocycles. The lowest BCUT2D eigenvalue weighted by atomic mass is 10.1. The number of likely N-dealkylation sites (tertiary alicyclic amines) is 1. The van der Waals surface area contributed by atoms with Crippen LogP contribution in [0.4, 0.5) is 0 Å². The van der Waals surface area contributed by atoms with Crippen LogP contribution in [0.25, 0.3) is 0 Å². The Balaban J connectivity index is 2.43. The minimum atomic E-state index is -3.55. The van der Waals surface area contributed by atoms with Crippen molar-refractivity contribution in [2.45, 2.75) is 18.9 Å². The van der Waals surface area contributed by atoms with Gasteiger partial charge in [0.25, 0.3) is 9.24 Å². The summed E-state index contributed by atoms with van der Waals surface area (Å²) in [5.74, 6) is 0. The number of nitrogens with one attached hydrogen (secondary N) is 1. The van der Waals surface area contributed by atoms with Gasteiger partial charge >= 0.3 is 0 Å². The molecule has 0 amide bonds. The highest BCUT2D eigenvalue weighted by molar-refractivity contribution is 8.12. The third-order valence-electron chi connectivity index (χ3n) is 1.93. The van der Waals surface area contributed by atoms with Crippen LogP contribution in [0.15, 0.2) is 0 Å². The molecule has 12 heavy (non-hydrogen) atoms. The molecular formula is C6H13ClN2O2S. The van der Waals surface area contributed by atoms with Crippen molar-refractivity contribution >= 4 is 19.9 Å². The van der Waals surface area contributed by atoms with Crippen molar-refractivity contribution in [2.24, 2.45) is 0 Å². The standard InChI is InChI=1S/C6H13ClN2O2S/c1-9-4-2-3-6(5-9)8-12(7,10)11/h6,8H,2-5H2,1H3. The molecule has 1 fully saturated rings. The van der Waals surface area contributed by atoms with E-state index in [0.29, 0.717) is 0 Å². The topological polar surface area (TPSA) is 49.4 Å². The van der Waals surface area contributed by atoms with Gasteiger partial charge in [0.1, 0.15) is 0 Å². The van der Waals surface area contributed by atoms with Gasteiger partial charge in [0, 0.05) is 23.3 Å². The van der Waals surface area contributed by atoms with Crippen LogP contribution in [-0.4, -0.2) is 39.5 Å². The summed E-state index contributed by atoms with van der Waals surface area (Å²) in [6, 6.07) is -0.0220. The molecule has 6 heteroatoms. The molecule has 1 aliphatic rings. The highest BCUT2D eigenvalue weighted by Crippen LogP contribution is 2.09. The van der Waals surface area contributed by atoms with Gasteiger partial charge < -0.3 is 4.90 Å². The molecule has 0 radical (unpaired) electrons. The average molecular weight is 213 g/mol. The molecular weight excluding hydrogens is 200 g/mol. The van der Waals surface area contributed by atoms with Crippen LogP contribution < -0.4 is 4.72 Å². The van der Waals surface area contributed by atoms with E-state index in [1.807, 2.05) is 7.05 Å². The maximum atomic E-state index is 10.6. The zero-order valence-electron chi connectivity index (χ0n) is 6.96. The fourth-order valence-electron chi connectivity index (χ4n) is 1.46. The monoisotopic (exact) mass is 212 g/mol. The number of piperidine rings is 1. The summed E-state index contributed by atoms with van der Waals surface area (Å²) in [5.41, 5.74) is 0. The second-order valence-electron chi connectivity index (χ2n) is 3.16. The fourth-order valence-corrected chi connectivity index (χ4v) is 2.43. The van der Waals surface area contributed by atoms with E-state index in [1.54, 1.807) is 0 Å².